The Balaban J connectivity index is 0.00000166. The minimum Gasteiger partial charge on any atom is -0.355 e. The summed E-state index contributed by atoms with van der Waals surface area (Å²) in [6.07, 6.45) is 7.67. The van der Waals surface area contributed by atoms with Crippen molar-refractivity contribution < 1.29 is 0 Å². The molecule has 3 rings (SSSR count). The molecule has 0 unspecified atom stereocenters. The van der Waals surface area contributed by atoms with Crippen LogP contribution in [0.3, 0.4) is 0 Å². The van der Waals surface area contributed by atoms with E-state index in [1.807, 2.05) is 62.4 Å². The van der Waals surface area contributed by atoms with Crippen molar-refractivity contribution >= 4 is 28.7 Å². The summed E-state index contributed by atoms with van der Waals surface area (Å²) in [5.41, 5.74) is 7.01. The van der Waals surface area contributed by atoms with Crippen LogP contribution in [0.15, 0.2) is 103 Å². The van der Waals surface area contributed by atoms with E-state index in [1.165, 1.54) is 4.90 Å². The third-order valence-electron chi connectivity index (χ3n) is 4.53. The number of anilines is 2. The van der Waals surface area contributed by atoms with Gasteiger partial charge in [0.15, 0.2) is 0 Å². The fourth-order valence-electron chi connectivity index (χ4n) is 3.09. The SMILES string of the molecule is C=C/C=C(\C=C)c1cc(Nc2cccc(-c3ccc(C#N)cc3)c2)ccc1SC.CC. The first-order valence-corrected chi connectivity index (χ1v) is 11.4. The van der Waals surface area contributed by atoms with E-state index < -0.39 is 0 Å². The van der Waals surface area contributed by atoms with E-state index in [-0.39, 0.29) is 0 Å². The second-order valence-electron chi connectivity index (χ2n) is 6.37. The van der Waals surface area contributed by atoms with E-state index in [0.717, 1.165) is 33.6 Å². The highest BCUT2D eigenvalue weighted by molar-refractivity contribution is 7.98. The van der Waals surface area contributed by atoms with Gasteiger partial charge in [0, 0.05) is 16.3 Å². The molecule has 0 saturated heterocycles. The summed E-state index contributed by atoms with van der Waals surface area (Å²) in [6.45, 7) is 11.7. The second kappa shape index (κ2) is 12.3. The highest BCUT2D eigenvalue weighted by Gasteiger charge is 2.07. The third kappa shape index (κ3) is 6.25. The van der Waals surface area contributed by atoms with Gasteiger partial charge in [-0.3, -0.25) is 0 Å². The minimum absolute atomic E-state index is 0.662. The fourth-order valence-corrected chi connectivity index (χ4v) is 3.69. The number of allylic oxidation sites excluding steroid dienone is 4. The second-order valence-corrected chi connectivity index (χ2v) is 7.22. The van der Waals surface area contributed by atoms with Crippen molar-refractivity contribution in [2.75, 3.05) is 11.6 Å². The Kier molecular flexibility index (Phi) is 9.42. The highest BCUT2D eigenvalue weighted by Crippen LogP contribution is 2.32. The van der Waals surface area contributed by atoms with Crippen molar-refractivity contribution in [3.05, 3.63) is 109 Å². The molecule has 0 amide bonds. The smallest absolute Gasteiger partial charge is 0.0991 e. The lowest BCUT2D eigenvalue weighted by Gasteiger charge is -2.13. The van der Waals surface area contributed by atoms with Crippen molar-refractivity contribution in [3.8, 4) is 17.2 Å². The molecule has 1 N–H and O–H groups in total. The average Bonchev–Trinajstić information content (AvgIpc) is 2.84. The Hall–Kier alpha value is -3.48. The van der Waals surface area contributed by atoms with Crippen LogP contribution in [0.4, 0.5) is 11.4 Å². The van der Waals surface area contributed by atoms with Crippen LogP contribution in [0, 0.1) is 11.3 Å². The summed E-state index contributed by atoms with van der Waals surface area (Å²) >= 11 is 1.71. The summed E-state index contributed by atoms with van der Waals surface area (Å²) in [5, 5.41) is 12.5. The van der Waals surface area contributed by atoms with Crippen LogP contribution in [-0.2, 0) is 0 Å². The van der Waals surface area contributed by atoms with Crippen molar-refractivity contribution in [2.45, 2.75) is 18.7 Å². The van der Waals surface area contributed by atoms with Gasteiger partial charge < -0.3 is 5.32 Å². The zero-order chi connectivity index (χ0) is 22.6. The Morgan fingerprint density at radius 2 is 1.65 bits per heavy atom. The Labute approximate surface area is 190 Å². The number of nitriles is 1. The van der Waals surface area contributed by atoms with E-state index in [0.29, 0.717) is 5.56 Å². The number of nitrogens with one attached hydrogen (secondary N) is 1. The molecular formula is C28H28N2S. The first-order valence-electron chi connectivity index (χ1n) is 10.2. The largest absolute Gasteiger partial charge is 0.355 e. The molecule has 0 heterocycles. The molecule has 0 spiro atoms. The van der Waals surface area contributed by atoms with Crippen LogP contribution in [0.5, 0.6) is 0 Å². The normalized spacial score (nSPS) is 10.3. The van der Waals surface area contributed by atoms with Gasteiger partial charge in [0.2, 0.25) is 0 Å². The summed E-state index contributed by atoms with van der Waals surface area (Å²) in [4.78, 5) is 1.19. The van der Waals surface area contributed by atoms with Crippen LogP contribution in [0.2, 0.25) is 0 Å². The summed E-state index contributed by atoms with van der Waals surface area (Å²) < 4.78 is 0. The first-order chi connectivity index (χ1) is 15.2. The van der Waals surface area contributed by atoms with Crippen LogP contribution >= 0.6 is 11.8 Å². The predicted octanol–water partition coefficient (Wildman–Crippen LogP) is 8.47. The number of hydrogen-bond donors (Lipinski definition) is 1. The van der Waals surface area contributed by atoms with Gasteiger partial charge in [-0.15, -0.1) is 11.8 Å². The lowest BCUT2D eigenvalue weighted by molar-refractivity contribution is 1.39. The van der Waals surface area contributed by atoms with Crippen molar-refractivity contribution in [3.63, 3.8) is 0 Å². The van der Waals surface area contributed by atoms with Gasteiger partial charge in [-0.1, -0.05) is 69.5 Å². The van der Waals surface area contributed by atoms with Crippen LogP contribution in [-0.4, -0.2) is 6.26 Å². The zero-order valence-electron chi connectivity index (χ0n) is 18.4. The maximum atomic E-state index is 8.98. The van der Waals surface area contributed by atoms with Crippen LogP contribution < -0.4 is 5.32 Å². The van der Waals surface area contributed by atoms with Gasteiger partial charge in [-0.25, -0.2) is 0 Å². The first kappa shape index (κ1) is 23.8. The fraction of sp³-hybridized carbons (Fsp3) is 0.107. The predicted molar refractivity (Wildman–Crippen MR) is 138 cm³/mol. The number of rotatable bonds is 7. The van der Waals surface area contributed by atoms with E-state index in [2.05, 4.69) is 61.1 Å². The number of benzene rings is 3. The van der Waals surface area contributed by atoms with Gasteiger partial charge in [0.05, 0.1) is 11.6 Å². The summed E-state index contributed by atoms with van der Waals surface area (Å²) in [5.74, 6) is 0. The van der Waals surface area contributed by atoms with Gasteiger partial charge in [-0.05, 0) is 71.0 Å². The molecule has 0 fully saturated rings. The lowest BCUT2D eigenvalue weighted by atomic mass is 10.0. The molecule has 3 aromatic rings. The number of nitrogens with zero attached hydrogens (tertiary/aromatic N) is 1. The van der Waals surface area contributed by atoms with Crippen LogP contribution in [0.1, 0.15) is 25.0 Å². The molecule has 0 aromatic heterocycles. The molecule has 0 saturated carbocycles. The molecule has 2 nitrogen and oxygen atoms in total. The van der Waals surface area contributed by atoms with Crippen molar-refractivity contribution in [2.24, 2.45) is 0 Å². The van der Waals surface area contributed by atoms with E-state index in [9.17, 15) is 0 Å². The molecule has 0 atom stereocenters. The van der Waals surface area contributed by atoms with Gasteiger partial charge in [0.1, 0.15) is 0 Å². The number of hydrogen-bond acceptors (Lipinski definition) is 3. The molecule has 3 aromatic carbocycles. The van der Waals surface area contributed by atoms with E-state index in [1.54, 1.807) is 17.8 Å². The third-order valence-corrected chi connectivity index (χ3v) is 5.32. The molecule has 0 aliphatic rings. The van der Waals surface area contributed by atoms with Gasteiger partial charge in [0.25, 0.3) is 0 Å². The standard InChI is InChI=1S/C26H22N2S.C2H6/c1-4-7-20(5-2)25-17-24(14-15-26(25)29-3)28-23-9-6-8-22(16-23)21-12-10-19(18-27)11-13-21;1-2/h4-17,28H,1-2H2,3H3;1-2H3/b20-7+;. The molecule has 0 aliphatic carbocycles. The van der Waals surface area contributed by atoms with Gasteiger partial charge in [-0.2, -0.15) is 5.26 Å². The summed E-state index contributed by atoms with van der Waals surface area (Å²) in [7, 11) is 0. The monoisotopic (exact) mass is 424 g/mol. The molecule has 3 heteroatoms. The van der Waals surface area contributed by atoms with Crippen LogP contribution in [0.25, 0.3) is 16.7 Å². The van der Waals surface area contributed by atoms with E-state index in [4.69, 9.17) is 5.26 Å². The molecule has 0 radical (unpaired) electrons. The average molecular weight is 425 g/mol. The van der Waals surface area contributed by atoms with E-state index >= 15 is 0 Å². The molecule has 0 aliphatic heterocycles. The zero-order valence-corrected chi connectivity index (χ0v) is 19.2. The van der Waals surface area contributed by atoms with Gasteiger partial charge >= 0.3 is 0 Å². The quantitative estimate of drug-likeness (QED) is 0.305. The molecule has 0 bridgehead atoms. The molecule has 31 heavy (non-hydrogen) atoms. The maximum absolute atomic E-state index is 8.98. The Morgan fingerprint density at radius 3 is 2.26 bits per heavy atom. The summed E-state index contributed by atoms with van der Waals surface area (Å²) in [6, 6.07) is 24.4. The van der Waals surface area contributed by atoms with Crippen molar-refractivity contribution in [1.29, 1.82) is 5.26 Å². The molecule has 156 valence electrons. The molecular weight excluding hydrogens is 396 g/mol. The Bertz CT molecular complexity index is 1100. The Morgan fingerprint density at radius 1 is 0.935 bits per heavy atom. The topological polar surface area (TPSA) is 35.8 Å². The van der Waals surface area contributed by atoms with Crippen molar-refractivity contribution in [1.82, 2.24) is 0 Å². The number of thioether (sulfide) groups is 1. The highest BCUT2D eigenvalue weighted by atomic mass is 32.2. The maximum Gasteiger partial charge on any atom is 0.0991 e. The minimum atomic E-state index is 0.662. The lowest BCUT2D eigenvalue weighted by Crippen LogP contribution is -1.94.